The molecule has 2 aliphatic carbocycles. The Bertz CT molecular complexity index is 330. The van der Waals surface area contributed by atoms with Crippen molar-refractivity contribution in [3.8, 4) is 0 Å². The lowest BCUT2D eigenvalue weighted by atomic mass is 9.68. The maximum Gasteiger partial charge on any atom is 0.266 e. The fourth-order valence-electron chi connectivity index (χ4n) is 5.01. The molecule has 0 atom stereocenters. The molecule has 2 aliphatic rings. The van der Waals surface area contributed by atoms with Gasteiger partial charge in [0.1, 0.15) is 0 Å². The smallest absolute Gasteiger partial charge is 0.174 e. The van der Waals surface area contributed by atoms with Crippen molar-refractivity contribution in [1.29, 1.82) is 0 Å². The van der Waals surface area contributed by atoms with Crippen molar-refractivity contribution in [1.82, 2.24) is 0 Å². The van der Waals surface area contributed by atoms with Crippen molar-refractivity contribution >= 4 is 0 Å². The van der Waals surface area contributed by atoms with Crippen LogP contribution in [0.3, 0.4) is 0 Å². The molecule has 0 radical (unpaired) electrons. The monoisotopic (exact) mass is 326 g/mol. The van der Waals surface area contributed by atoms with Crippen LogP contribution in [0.1, 0.15) is 96.8 Å². The minimum atomic E-state index is -1.51. The van der Waals surface area contributed by atoms with E-state index in [0.29, 0.717) is 12.3 Å². The van der Waals surface area contributed by atoms with Crippen LogP contribution < -0.4 is 0 Å². The minimum absolute atomic E-state index is 0.570. The summed E-state index contributed by atoms with van der Waals surface area (Å²) in [6, 6.07) is 0. The van der Waals surface area contributed by atoms with E-state index in [4.69, 9.17) is 0 Å². The Labute approximate surface area is 142 Å². The van der Waals surface area contributed by atoms with Crippen molar-refractivity contribution in [3.63, 3.8) is 0 Å². The number of halogens is 2. The van der Waals surface area contributed by atoms with Crippen LogP contribution in [0, 0.1) is 23.7 Å². The van der Waals surface area contributed by atoms with Crippen LogP contribution >= 0.6 is 0 Å². The Morgan fingerprint density at radius 1 is 0.783 bits per heavy atom. The van der Waals surface area contributed by atoms with Crippen molar-refractivity contribution in [3.05, 3.63) is 12.2 Å². The van der Waals surface area contributed by atoms with Gasteiger partial charge in [-0.25, -0.2) is 0 Å². The van der Waals surface area contributed by atoms with Gasteiger partial charge in [-0.2, -0.15) is 8.78 Å². The van der Waals surface area contributed by atoms with Crippen molar-refractivity contribution in [2.24, 2.45) is 23.7 Å². The van der Waals surface area contributed by atoms with Gasteiger partial charge in [0.05, 0.1) is 0 Å². The number of hydrogen-bond acceptors (Lipinski definition) is 0. The fourth-order valence-corrected chi connectivity index (χ4v) is 5.01. The molecule has 0 amide bonds. The predicted octanol–water partition coefficient (Wildman–Crippen LogP) is 7.74. The molecule has 0 unspecified atom stereocenters. The number of unbranched alkanes of at least 4 members (excludes halogenated alkanes) is 2. The van der Waals surface area contributed by atoms with Gasteiger partial charge in [0.2, 0.25) is 0 Å². The van der Waals surface area contributed by atoms with E-state index in [0.717, 1.165) is 30.3 Å². The first kappa shape index (κ1) is 18.9. The molecular weight excluding hydrogens is 290 g/mol. The summed E-state index contributed by atoms with van der Waals surface area (Å²) in [5.41, 5.74) is 0. The summed E-state index contributed by atoms with van der Waals surface area (Å²) >= 11 is 0. The maximum atomic E-state index is 12.1. The molecule has 0 N–H and O–H groups in total. The summed E-state index contributed by atoms with van der Waals surface area (Å²) < 4.78 is 24.2. The third-order valence-electron chi connectivity index (χ3n) is 6.54. The molecule has 2 heteroatoms. The summed E-state index contributed by atoms with van der Waals surface area (Å²) in [5.74, 6) is 3.63. The van der Waals surface area contributed by atoms with Crippen LogP contribution in [-0.2, 0) is 0 Å². The second kappa shape index (κ2) is 10.5. The molecule has 0 nitrogen and oxygen atoms in total. The standard InChI is InChI=1S/C21H36F2/c1-2-3-4-6-17-9-13-19(14-10-17)20-15-11-18(12-16-20)7-5-8-21(22)23/h8,17-20H,2-7,9-16H2,1H3/t17-,18?,19-,20?. The zero-order valence-electron chi connectivity index (χ0n) is 15.0. The molecule has 0 spiro atoms. The van der Waals surface area contributed by atoms with Crippen LogP contribution in [0.2, 0.25) is 0 Å². The summed E-state index contributed by atoms with van der Waals surface area (Å²) in [5, 5.41) is 0. The summed E-state index contributed by atoms with van der Waals surface area (Å²) in [6.07, 6.45) is 17.9. The molecule has 0 aromatic carbocycles. The molecule has 134 valence electrons. The fraction of sp³-hybridized carbons (Fsp3) is 0.905. The topological polar surface area (TPSA) is 0 Å². The van der Waals surface area contributed by atoms with Crippen LogP contribution in [0.4, 0.5) is 8.78 Å². The van der Waals surface area contributed by atoms with E-state index in [1.165, 1.54) is 77.0 Å². The minimum Gasteiger partial charge on any atom is -0.174 e. The highest BCUT2D eigenvalue weighted by Gasteiger charge is 2.30. The zero-order valence-corrected chi connectivity index (χ0v) is 15.0. The van der Waals surface area contributed by atoms with E-state index in [9.17, 15) is 8.78 Å². The van der Waals surface area contributed by atoms with Gasteiger partial charge in [-0.05, 0) is 68.3 Å². The second-order valence-corrected chi connectivity index (χ2v) is 8.13. The third-order valence-corrected chi connectivity index (χ3v) is 6.54. The van der Waals surface area contributed by atoms with Gasteiger partial charge in [0, 0.05) is 0 Å². The van der Waals surface area contributed by atoms with E-state index in [2.05, 4.69) is 6.92 Å². The van der Waals surface area contributed by atoms with Gasteiger partial charge in [-0.3, -0.25) is 0 Å². The van der Waals surface area contributed by atoms with Gasteiger partial charge in [0.25, 0.3) is 6.08 Å². The lowest BCUT2D eigenvalue weighted by Gasteiger charge is -2.38. The van der Waals surface area contributed by atoms with E-state index in [-0.39, 0.29) is 0 Å². The van der Waals surface area contributed by atoms with Crippen LogP contribution in [0.25, 0.3) is 0 Å². The van der Waals surface area contributed by atoms with Crippen molar-refractivity contribution < 1.29 is 8.78 Å². The highest BCUT2D eigenvalue weighted by atomic mass is 19.3. The molecule has 0 aliphatic heterocycles. The summed E-state index contributed by atoms with van der Waals surface area (Å²) in [4.78, 5) is 0. The first-order chi connectivity index (χ1) is 11.2. The van der Waals surface area contributed by atoms with Crippen LogP contribution in [0.5, 0.6) is 0 Å². The average molecular weight is 327 g/mol. The van der Waals surface area contributed by atoms with Gasteiger partial charge < -0.3 is 0 Å². The molecule has 0 aromatic heterocycles. The quantitative estimate of drug-likeness (QED) is 0.400. The Morgan fingerprint density at radius 2 is 1.30 bits per heavy atom. The Kier molecular flexibility index (Phi) is 8.61. The normalized spacial score (nSPS) is 31.8. The summed E-state index contributed by atoms with van der Waals surface area (Å²) in [7, 11) is 0. The van der Waals surface area contributed by atoms with E-state index in [1.807, 2.05) is 0 Å². The first-order valence-electron chi connectivity index (χ1n) is 10.2. The lowest BCUT2D eigenvalue weighted by molar-refractivity contribution is 0.140. The molecule has 0 aromatic rings. The van der Waals surface area contributed by atoms with Crippen molar-refractivity contribution in [2.45, 2.75) is 96.8 Å². The predicted molar refractivity (Wildman–Crippen MR) is 94.6 cm³/mol. The van der Waals surface area contributed by atoms with E-state index >= 15 is 0 Å². The molecule has 2 saturated carbocycles. The largest absolute Gasteiger partial charge is 0.266 e. The Morgan fingerprint density at radius 3 is 1.78 bits per heavy atom. The second-order valence-electron chi connectivity index (χ2n) is 8.13. The SMILES string of the molecule is CCCCC[C@H]1CC[C@H](C2CCC(CCC=C(F)F)CC2)CC1. The number of allylic oxidation sites excluding steroid dienone is 1. The van der Waals surface area contributed by atoms with Crippen molar-refractivity contribution in [2.75, 3.05) is 0 Å². The summed E-state index contributed by atoms with van der Waals surface area (Å²) in [6.45, 7) is 2.29. The van der Waals surface area contributed by atoms with Gasteiger partial charge >= 0.3 is 0 Å². The van der Waals surface area contributed by atoms with Gasteiger partial charge in [-0.1, -0.05) is 58.3 Å². The highest BCUT2D eigenvalue weighted by Crippen LogP contribution is 2.43. The zero-order chi connectivity index (χ0) is 16.5. The molecular formula is C21H36F2. The van der Waals surface area contributed by atoms with E-state index < -0.39 is 6.08 Å². The van der Waals surface area contributed by atoms with Gasteiger partial charge in [0.15, 0.2) is 0 Å². The highest BCUT2D eigenvalue weighted by molar-refractivity contribution is 4.85. The molecule has 2 fully saturated rings. The molecule has 0 bridgehead atoms. The molecule has 0 heterocycles. The lowest BCUT2D eigenvalue weighted by Crippen LogP contribution is -2.25. The van der Waals surface area contributed by atoms with Crippen LogP contribution in [-0.4, -0.2) is 0 Å². The van der Waals surface area contributed by atoms with E-state index in [1.54, 1.807) is 0 Å². The van der Waals surface area contributed by atoms with Gasteiger partial charge in [-0.15, -0.1) is 0 Å². The Hall–Kier alpha value is -0.400. The maximum absolute atomic E-state index is 12.1. The number of rotatable bonds is 8. The molecule has 23 heavy (non-hydrogen) atoms. The molecule has 2 rings (SSSR count). The number of hydrogen-bond donors (Lipinski definition) is 0. The Balaban J connectivity index is 1.60. The molecule has 0 saturated heterocycles. The van der Waals surface area contributed by atoms with Crippen LogP contribution in [0.15, 0.2) is 12.2 Å². The third kappa shape index (κ3) is 6.93. The first-order valence-corrected chi connectivity index (χ1v) is 10.2. The average Bonchev–Trinajstić information content (AvgIpc) is 2.56.